The molecule has 36 heavy (non-hydrogen) atoms. The summed E-state index contributed by atoms with van der Waals surface area (Å²) in [5, 5.41) is 0.407. The van der Waals surface area contributed by atoms with Gasteiger partial charge in [-0.3, -0.25) is 14.5 Å². The highest BCUT2D eigenvalue weighted by Gasteiger charge is 2.44. The smallest absolute Gasteiger partial charge is 0.295 e. The van der Waals surface area contributed by atoms with Crippen molar-refractivity contribution in [2.75, 3.05) is 18.6 Å². The van der Waals surface area contributed by atoms with Crippen LogP contribution in [0.15, 0.2) is 78.8 Å². The minimum atomic E-state index is -0.702. The standard InChI is InChI=1S/C28H23Br2NO5/c1-3-4-13-35-22-11-5-16(14-23(22)34-2)25-24-26(32)20-15-18(30)8-12-21(20)36-27(24)28(33)31(25)19-9-6-17(29)7-10-19/h5-12,14-15,25H,3-4,13H2,1-2H3. The number of anilines is 1. The molecule has 0 saturated carbocycles. The second-order valence-electron chi connectivity index (χ2n) is 8.48. The summed E-state index contributed by atoms with van der Waals surface area (Å²) in [5.74, 6) is 0.823. The molecule has 1 atom stereocenters. The molecule has 0 spiro atoms. The van der Waals surface area contributed by atoms with E-state index >= 15 is 0 Å². The van der Waals surface area contributed by atoms with E-state index in [0.29, 0.717) is 45.9 Å². The predicted octanol–water partition coefficient (Wildman–Crippen LogP) is 7.26. The number of hydrogen-bond acceptors (Lipinski definition) is 5. The highest BCUT2D eigenvalue weighted by molar-refractivity contribution is 9.10. The van der Waals surface area contributed by atoms with Crippen molar-refractivity contribution in [3.63, 3.8) is 0 Å². The molecule has 8 heteroatoms. The van der Waals surface area contributed by atoms with Crippen molar-refractivity contribution >= 4 is 54.4 Å². The molecule has 0 aliphatic carbocycles. The Balaban J connectivity index is 1.71. The van der Waals surface area contributed by atoms with E-state index in [4.69, 9.17) is 13.9 Å². The molecule has 1 amide bonds. The van der Waals surface area contributed by atoms with Crippen LogP contribution in [0.4, 0.5) is 5.69 Å². The van der Waals surface area contributed by atoms with E-state index in [-0.39, 0.29) is 17.1 Å². The maximum Gasteiger partial charge on any atom is 0.295 e. The highest BCUT2D eigenvalue weighted by Crippen LogP contribution is 2.43. The number of unbranched alkanes of at least 4 members (excludes halogenated alkanes) is 1. The molecular weight excluding hydrogens is 590 g/mol. The monoisotopic (exact) mass is 611 g/mol. The van der Waals surface area contributed by atoms with Gasteiger partial charge in [0.05, 0.1) is 30.7 Å². The van der Waals surface area contributed by atoms with Gasteiger partial charge in [-0.15, -0.1) is 0 Å². The van der Waals surface area contributed by atoms with Gasteiger partial charge in [0, 0.05) is 14.6 Å². The zero-order chi connectivity index (χ0) is 25.4. The van der Waals surface area contributed by atoms with Crippen molar-refractivity contribution in [3.05, 3.63) is 96.7 Å². The molecule has 0 radical (unpaired) electrons. The van der Waals surface area contributed by atoms with Crippen LogP contribution in [0.1, 0.15) is 47.5 Å². The lowest BCUT2D eigenvalue weighted by molar-refractivity contribution is 0.0971. The molecule has 3 aromatic carbocycles. The fourth-order valence-corrected chi connectivity index (χ4v) is 5.05. The highest BCUT2D eigenvalue weighted by atomic mass is 79.9. The van der Waals surface area contributed by atoms with E-state index in [1.807, 2.05) is 42.5 Å². The lowest BCUT2D eigenvalue weighted by Gasteiger charge is -2.26. The Labute approximate surface area is 225 Å². The SMILES string of the molecule is CCCCOc1ccc(C2c3c(oc4ccc(Br)cc4c3=O)C(=O)N2c2ccc(Br)cc2)cc1OC. The van der Waals surface area contributed by atoms with Crippen LogP contribution < -0.4 is 19.8 Å². The number of benzene rings is 3. The third-order valence-electron chi connectivity index (χ3n) is 6.20. The van der Waals surface area contributed by atoms with Gasteiger partial charge in [-0.05, 0) is 66.6 Å². The maximum atomic E-state index is 13.8. The van der Waals surface area contributed by atoms with Gasteiger partial charge in [0.1, 0.15) is 5.58 Å². The first-order valence-electron chi connectivity index (χ1n) is 11.6. The van der Waals surface area contributed by atoms with Crippen molar-refractivity contribution < 1.29 is 18.7 Å². The average molecular weight is 613 g/mol. The zero-order valence-electron chi connectivity index (χ0n) is 19.7. The molecule has 1 aliphatic heterocycles. The Morgan fingerprint density at radius 3 is 2.42 bits per heavy atom. The van der Waals surface area contributed by atoms with E-state index in [2.05, 4.69) is 38.8 Å². The number of amides is 1. The summed E-state index contributed by atoms with van der Waals surface area (Å²) in [6.45, 7) is 2.68. The number of fused-ring (bicyclic) bond motifs is 2. The number of ether oxygens (including phenoxy) is 2. The van der Waals surface area contributed by atoms with E-state index < -0.39 is 6.04 Å². The van der Waals surface area contributed by atoms with Crippen molar-refractivity contribution in [1.29, 1.82) is 0 Å². The summed E-state index contributed by atoms with van der Waals surface area (Å²) in [7, 11) is 1.57. The van der Waals surface area contributed by atoms with Gasteiger partial charge in [-0.1, -0.05) is 51.3 Å². The van der Waals surface area contributed by atoms with Crippen LogP contribution in [0.3, 0.4) is 0 Å². The zero-order valence-corrected chi connectivity index (χ0v) is 22.9. The molecule has 0 saturated heterocycles. The minimum Gasteiger partial charge on any atom is -0.493 e. The largest absolute Gasteiger partial charge is 0.493 e. The average Bonchev–Trinajstić information content (AvgIpc) is 3.17. The van der Waals surface area contributed by atoms with Gasteiger partial charge in [-0.25, -0.2) is 0 Å². The fraction of sp³-hybridized carbons (Fsp3) is 0.214. The van der Waals surface area contributed by atoms with Gasteiger partial charge < -0.3 is 13.9 Å². The van der Waals surface area contributed by atoms with Crippen LogP contribution >= 0.6 is 31.9 Å². The van der Waals surface area contributed by atoms with Gasteiger partial charge >= 0.3 is 0 Å². The second-order valence-corrected chi connectivity index (χ2v) is 10.3. The summed E-state index contributed by atoms with van der Waals surface area (Å²) in [6, 6.07) is 17.4. The van der Waals surface area contributed by atoms with Gasteiger partial charge in [0.15, 0.2) is 16.9 Å². The number of carbonyl (C=O) groups is 1. The van der Waals surface area contributed by atoms with Crippen molar-refractivity contribution in [2.24, 2.45) is 0 Å². The Bertz CT molecular complexity index is 1510. The number of carbonyl (C=O) groups excluding carboxylic acids is 1. The molecule has 184 valence electrons. The quantitative estimate of drug-likeness (QED) is 0.206. The lowest BCUT2D eigenvalue weighted by Crippen LogP contribution is -2.29. The molecule has 1 unspecified atom stereocenters. The molecular formula is C28H23Br2NO5. The topological polar surface area (TPSA) is 69.0 Å². The third kappa shape index (κ3) is 4.33. The van der Waals surface area contributed by atoms with E-state index in [1.54, 1.807) is 30.2 Å². The molecule has 6 nitrogen and oxygen atoms in total. The van der Waals surface area contributed by atoms with Crippen molar-refractivity contribution in [2.45, 2.75) is 25.8 Å². The van der Waals surface area contributed by atoms with Crippen LogP contribution in [-0.2, 0) is 0 Å². The summed E-state index contributed by atoms with van der Waals surface area (Å²) in [4.78, 5) is 29.1. The van der Waals surface area contributed by atoms with Crippen LogP contribution in [0.2, 0.25) is 0 Å². The van der Waals surface area contributed by atoms with E-state index in [0.717, 1.165) is 21.8 Å². The third-order valence-corrected chi connectivity index (χ3v) is 7.22. The molecule has 0 bridgehead atoms. The Kier molecular flexibility index (Phi) is 6.90. The van der Waals surface area contributed by atoms with Crippen LogP contribution in [0, 0.1) is 0 Å². The number of methoxy groups -OCH3 is 1. The Morgan fingerprint density at radius 1 is 0.944 bits per heavy atom. The van der Waals surface area contributed by atoms with Gasteiger partial charge in [0.2, 0.25) is 5.76 Å². The first kappa shape index (κ1) is 24.6. The van der Waals surface area contributed by atoms with Gasteiger partial charge in [-0.2, -0.15) is 0 Å². The molecule has 1 aliphatic rings. The van der Waals surface area contributed by atoms with Crippen molar-refractivity contribution in [1.82, 2.24) is 0 Å². The molecule has 0 fully saturated rings. The molecule has 2 heterocycles. The summed E-state index contributed by atoms with van der Waals surface area (Å²) in [6.07, 6.45) is 1.94. The summed E-state index contributed by atoms with van der Waals surface area (Å²) >= 11 is 6.89. The van der Waals surface area contributed by atoms with E-state index in [1.165, 1.54) is 0 Å². The van der Waals surface area contributed by atoms with Crippen LogP contribution in [0.5, 0.6) is 11.5 Å². The van der Waals surface area contributed by atoms with Gasteiger partial charge in [0.25, 0.3) is 5.91 Å². The molecule has 5 rings (SSSR count). The number of rotatable bonds is 7. The molecule has 0 N–H and O–H groups in total. The first-order chi connectivity index (χ1) is 17.4. The molecule has 1 aromatic heterocycles. The summed E-state index contributed by atoms with van der Waals surface area (Å²) < 4.78 is 19.2. The number of nitrogens with zero attached hydrogens (tertiary/aromatic N) is 1. The Hall–Kier alpha value is -3.10. The van der Waals surface area contributed by atoms with Crippen LogP contribution in [0.25, 0.3) is 11.0 Å². The predicted molar refractivity (Wildman–Crippen MR) is 146 cm³/mol. The second kappa shape index (κ2) is 10.1. The molecule has 4 aromatic rings. The van der Waals surface area contributed by atoms with E-state index in [9.17, 15) is 9.59 Å². The fourth-order valence-electron chi connectivity index (χ4n) is 4.43. The van der Waals surface area contributed by atoms with Crippen LogP contribution in [-0.4, -0.2) is 19.6 Å². The van der Waals surface area contributed by atoms with Crippen molar-refractivity contribution in [3.8, 4) is 11.5 Å². The number of hydrogen-bond donors (Lipinski definition) is 0. The maximum absolute atomic E-state index is 13.8. The summed E-state index contributed by atoms with van der Waals surface area (Å²) in [5.41, 5.74) is 1.78. The lowest BCUT2D eigenvalue weighted by atomic mass is 9.97. The minimum absolute atomic E-state index is 0.0463. The Morgan fingerprint density at radius 2 is 1.69 bits per heavy atom. The first-order valence-corrected chi connectivity index (χ1v) is 13.2. The number of halogens is 2. The normalized spacial score (nSPS) is 14.8.